The first kappa shape index (κ1) is 56.7. The van der Waals surface area contributed by atoms with Gasteiger partial charge in [-0.1, -0.05) is 48.0 Å². The van der Waals surface area contributed by atoms with Crippen LogP contribution in [-0.2, 0) is 43.2 Å². The molecule has 23 heteroatoms. The molecule has 0 aliphatic carbocycles. The molecule has 0 saturated carbocycles. The van der Waals surface area contributed by atoms with Gasteiger partial charge in [-0.05, 0) is 50.9 Å². The SMILES string of the molecule is CC[C@H](C)[C@H](NC(=O)[C@@H](CCCN=C(N)N)CC(=O)[C@H](CC(C)C)NC(=O)[C@@H](N)[C@H](O)C(C)C)C(=O)C[C@H](C(=O)NCC(=O)N[C@H](C(=O)N[C@@H](C)C(=O)O)[C@H](O)C(N)=O)[C@H](C)O. The third-order valence-electron chi connectivity index (χ3n) is 10.1. The zero-order chi connectivity index (χ0) is 48.2. The van der Waals surface area contributed by atoms with Gasteiger partial charge in [-0.25, -0.2) is 0 Å². The van der Waals surface area contributed by atoms with Crippen molar-refractivity contribution in [1.29, 1.82) is 0 Å². The fourth-order valence-electron chi connectivity index (χ4n) is 6.05. The van der Waals surface area contributed by atoms with Gasteiger partial charge >= 0.3 is 5.97 Å². The minimum Gasteiger partial charge on any atom is -0.480 e. The number of rotatable bonds is 30. The molecule has 0 rings (SSSR count). The summed E-state index contributed by atoms with van der Waals surface area (Å²) in [5.41, 5.74) is 21.9. The monoisotopic (exact) mass is 887 g/mol. The number of Topliss-reactive ketones (excluding diaryl/α,β-unsaturated/α-hetero) is 2. The molecule has 0 saturated heterocycles. The third kappa shape index (κ3) is 20.1. The Morgan fingerprint density at radius 3 is 1.79 bits per heavy atom. The van der Waals surface area contributed by atoms with E-state index in [0.29, 0.717) is 6.42 Å². The predicted octanol–water partition coefficient (Wildman–Crippen LogP) is -3.99. The molecule has 0 aromatic heterocycles. The van der Waals surface area contributed by atoms with Crippen LogP contribution in [0.5, 0.6) is 0 Å². The summed E-state index contributed by atoms with van der Waals surface area (Å²) in [6.07, 6.45) is -5.13. The quantitative estimate of drug-likeness (QED) is 0.0186. The second kappa shape index (κ2) is 27.6. The number of ketones is 2. The summed E-state index contributed by atoms with van der Waals surface area (Å²) in [4.78, 5) is 120. The number of nitrogens with two attached hydrogens (primary N) is 4. The summed E-state index contributed by atoms with van der Waals surface area (Å²) in [5, 5.41) is 51.6. The van der Waals surface area contributed by atoms with Crippen molar-refractivity contribution < 1.29 is 63.6 Å². The van der Waals surface area contributed by atoms with E-state index >= 15 is 0 Å². The highest BCUT2D eigenvalue weighted by Crippen LogP contribution is 2.21. The van der Waals surface area contributed by atoms with E-state index < -0.39 is 132 Å². The van der Waals surface area contributed by atoms with Crippen molar-refractivity contribution in [2.24, 2.45) is 57.5 Å². The van der Waals surface area contributed by atoms with Gasteiger partial charge < -0.3 is 69.9 Å². The lowest BCUT2D eigenvalue weighted by molar-refractivity contribution is -0.143. The highest BCUT2D eigenvalue weighted by atomic mass is 16.4. The van der Waals surface area contributed by atoms with Crippen LogP contribution in [0.15, 0.2) is 4.99 Å². The summed E-state index contributed by atoms with van der Waals surface area (Å²) < 4.78 is 0. The molecule has 0 unspecified atom stereocenters. The van der Waals surface area contributed by atoms with Crippen molar-refractivity contribution in [2.45, 2.75) is 142 Å². The number of aliphatic imine (C=N–C) groups is 1. The van der Waals surface area contributed by atoms with Crippen LogP contribution < -0.4 is 49.5 Å². The predicted molar refractivity (Wildman–Crippen MR) is 225 cm³/mol. The molecule has 23 nitrogen and oxygen atoms in total. The van der Waals surface area contributed by atoms with E-state index in [-0.39, 0.29) is 50.0 Å². The van der Waals surface area contributed by atoms with Crippen molar-refractivity contribution in [2.75, 3.05) is 13.1 Å². The van der Waals surface area contributed by atoms with Crippen molar-refractivity contribution >= 4 is 58.9 Å². The van der Waals surface area contributed by atoms with Crippen LogP contribution in [0.4, 0.5) is 0 Å². The number of amides is 6. The first-order chi connectivity index (χ1) is 28.7. The second-order valence-corrected chi connectivity index (χ2v) is 16.3. The molecule has 0 bridgehead atoms. The largest absolute Gasteiger partial charge is 0.480 e. The summed E-state index contributed by atoms with van der Waals surface area (Å²) in [6.45, 7) is 11.9. The van der Waals surface area contributed by atoms with E-state index in [1.54, 1.807) is 27.7 Å². The molecule has 0 aromatic rings. The maximum Gasteiger partial charge on any atom is 0.325 e. The van der Waals surface area contributed by atoms with Crippen LogP contribution in [0.2, 0.25) is 0 Å². The van der Waals surface area contributed by atoms with Gasteiger partial charge in [0.15, 0.2) is 23.6 Å². The van der Waals surface area contributed by atoms with Gasteiger partial charge in [0.05, 0.1) is 36.8 Å². The number of primary amides is 1. The average molecular weight is 887 g/mol. The molecule has 0 aliphatic heterocycles. The van der Waals surface area contributed by atoms with Gasteiger partial charge in [-0.15, -0.1) is 0 Å². The fraction of sp³-hybridized carbons (Fsp3) is 0.744. The molecular formula is C39H70N10O13. The van der Waals surface area contributed by atoms with E-state index in [1.807, 2.05) is 24.5 Å². The third-order valence-corrected chi connectivity index (χ3v) is 10.1. The molecule has 0 aliphatic rings. The van der Waals surface area contributed by atoms with Gasteiger partial charge in [-0.2, -0.15) is 0 Å². The fourth-order valence-corrected chi connectivity index (χ4v) is 6.05. The molecule has 0 heterocycles. The van der Waals surface area contributed by atoms with Crippen LogP contribution >= 0.6 is 0 Å². The van der Waals surface area contributed by atoms with Crippen molar-refractivity contribution in [1.82, 2.24) is 26.6 Å². The smallest absolute Gasteiger partial charge is 0.325 e. The summed E-state index contributed by atoms with van der Waals surface area (Å²) in [5.74, 6) is -12.7. The van der Waals surface area contributed by atoms with Crippen molar-refractivity contribution in [3.05, 3.63) is 0 Å². The Kier molecular flexibility index (Phi) is 25.3. The zero-order valence-electron chi connectivity index (χ0n) is 36.9. The molecule has 62 heavy (non-hydrogen) atoms. The van der Waals surface area contributed by atoms with Gasteiger partial charge in [0.25, 0.3) is 0 Å². The Hall–Kier alpha value is -5.26. The van der Waals surface area contributed by atoms with E-state index in [0.717, 1.165) is 6.92 Å². The van der Waals surface area contributed by atoms with Gasteiger partial charge in [0, 0.05) is 25.3 Å². The zero-order valence-corrected chi connectivity index (χ0v) is 36.9. The summed E-state index contributed by atoms with van der Waals surface area (Å²) in [7, 11) is 0. The lowest BCUT2D eigenvalue weighted by Crippen LogP contribution is -2.60. The number of carbonyl (C=O) groups excluding carboxylic acids is 8. The first-order valence-electron chi connectivity index (χ1n) is 20.6. The molecule has 0 radical (unpaired) electrons. The molecule has 0 fully saturated rings. The number of guanidine groups is 1. The molecule has 0 spiro atoms. The molecule has 354 valence electrons. The lowest BCUT2D eigenvalue weighted by Gasteiger charge is -2.29. The first-order valence-corrected chi connectivity index (χ1v) is 20.6. The number of hydrogen-bond acceptors (Lipinski definition) is 14. The molecule has 17 N–H and O–H groups in total. The average Bonchev–Trinajstić information content (AvgIpc) is 3.18. The minimum absolute atomic E-state index is 0.0715. The molecular weight excluding hydrogens is 816 g/mol. The topological polar surface area (TPSA) is 411 Å². The normalized spacial score (nSPS) is 16.7. The van der Waals surface area contributed by atoms with E-state index in [2.05, 4.69) is 20.9 Å². The van der Waals surface area contributed by atoms with Crippen LogP contribution in [0.25, 0.3) is 0 Å². The number of nitrogens with one attached hydrogen (secondary N) is 5. The lowest BCUT2D eigenvalue weighted by atomic mass is 9.86. The van der Waals surface area contributed by atoms with Gasteiger partial charge in [0.2, 0.25) is 35.4 Å². The Labute approximate surface area is 361 Å². The van der Waals surface area contributed by atoms with Crippen molar-refractivity contribution in [3.63, 3.8) is 0 Å². The Morgan fingerprint density at radius 1 is 0.710 bits per heavy atom. The van der Waals surface area contributed by atoms with E-state index in [4.69, 9.17) is 28.0 Å². The second-order valence-electron chi connectivity index (χ2n) is 16.3. The van der Waals surface area contributed by atoms with Gasteiger partial charge in [-0.3, -0.25) is 48.1 Å². The highest BCUT2D eigenvalue weighted by Gasteiger charge is 2.37. The Balaban J connectivity index is 6.30. The Morgan fingerprint density at radius 2 is 1.31 bits per heavy atom. The number of aliphatic hydroxyl groups excluding tert-OH is 3. The van der Waals surface area contributed by atoms with Crippen LogP contribution in [-0.4, -0.2) is 141 Å². The van der Waals surface area contributed by atoms with Crippen LogP contribution in [0.3, 0.4) is 0 Å². The highest BCUT2D eigenvalue weighted by molar-refractivity contribution is 5.98. The number of aliphatic hydroxyl groups is 3. The molecule has 6 amide bonds. The molecule has 0 aromatic carbocycles. The van der Waals surface area contributed by atoms with Crippen LogP contribution in [0.1, 0.15) is 93.9 Å². The minimum atomic E-state index is -2.29. The summed E-state index contributed by atoms with van der Waals surface area (Å²) >= 11 is 0. The number of nitrogens with zero attached hydrogens (tertiary/aromatic N) is 1. The standard InChI is InChI=1S/C39H70N10O13/c1-9-19(6)29(26(52)15-23(21(8)50)35(58)45-16-27(53)48-30(32(55)33(41)56)37(60)46-20(7)38(61)62)49-34(57)22(11-10-12-44-39(42)43)14-25(51)24(13-17(2)3)47-36(59)28(40)31(54)18(4)5/h17-24,28-32,50,54-55H,9-16,40H2,1-8H3,(H2,41,56)(H,45,58)(H,46,60)(H,47,59)(H,48,53)(H,49,57)(H,61,62)(H4,42,43,44)/t19-,20-,21-,22-,23-,24-,28-,29-,30-,31+,32-/m0/s1. The number of carboxylic acid groups (broad SMARTS) is 1. The van der Waals surface area contributed by atoms with Crippen molar-refractivity contribution in [3.8, 4) is 0 Å². The number of aliphatic carboxylic acids is 1. The number of carboxylic acids is 1. The Bertz CT molecular complexity index is 1590. The summed E-state index contributed by atoms with van der Waals surface area (Å²) in [6, 6.07) is -7.18. The maximum absolute atomic E-state index is 14.0. The maximum atomic E-state index is 14.0. The van der Waals surface area contributed by atoms with E-state index in [9.17, 15) is 58.5 Å². The number of hydrogen-bond donors (Lipinski definition) is 13. The van der Waals surface area contributed by atoms with E-state index in [1.165, 1.54) is 6.92 Å². The molecule has 11 atom stereocenters. The number of carbonyl (C=O) groups is 9. The van der Waals surface area contributed by atoms with Crippen LogP contribution in [0, 0.1) is 29.6 Å². The van der Waals surface area contributed by atoms with Gasteiger partial charge in [0.1, 0.15) is 18.1 Å².